The molecule has 2 fully saturated rings. The van der Waals surface area contributed by atoms with Gasteiger partial charge in [-0.25, -0.2) is 4.39 Å². The number of anilines is 1. The van der Waals surface area contributed by atoms with Gasteiger partial charge in [0, 0.05) is 18.7 Å². The fourth-order valence-corrected chi connectivity index (χ4v) is 4.15. The maximum atomic E-state index is 12.8. The summed E-state index contributed by atoms with van der Waals surface area (Å²) < 4.78 is 12.8. The Balaban J connectivity index is 1.36. The average Bonchev–Trinajstić information content (AvgIpc) is 3.23. The molecule has 4 rings (SSSR count). The number of hydrogen-bond donors (Lipinski definition) is 1. The van der Waals surface area contributed by atoms with Crippen molar-refractivity contribution in [3.8, 4) is 0 Å². The number of benzene rings is 1. The standard InChI is InChI=1S/C18H17FN2O3/c19-12-3-5-13(6-4-12)20-14(22)7-8-21-17(23)15-10-1-2-11(9-10)16(15)18(21)24/h1-6,10-11,15-16H,7-9H2,(H,20,22)/t10-,11-,15-,16+/m0/s1. The Hall–Kier alpha value is -2.50. The lowest BCUT2D eigenvalue weighted by atomic mass is 9.85. The van der Waals surface area contributed by atoms with Crippen LogP contribution in [0.25, 0.3) is 0 Å². The summed E-state index contributed by atoms with van der Waals surface area (Å²) in [6.45, 7) is 0.0944. The fraction of sp³-hybridized carbons (Fsp3) is 0.389. The summed E-state index contributed by atoms with van der Waals surface area (Å²) in [4.78, 5) is 38.2. The average molecular weight is 328 g/mol. The molecular weight excluding hydrogens is 311 g/mol. The Labute approximate surface area is 138 Å². The first-order chi connectivity index (χ1) is 11.5. The molecule has 1 N–H and O–H groups in total. The second kappa shape index (κ2) is 5.54. The van der Waals surface area contributed by atoms with E-state index in [1.54, 1.807) is 0 Å². The third-order valence-corrected chi connectivity index (χ3v) is 5.25. The highest BCUT2D eigenvalue weighted by Gasteiger charge is 2.58. The summed E-state index contributed by atoms with van der Waals surface area (Å²) in [6, 6.07) is 5.44. The predicted molar refractivity (Wildman–Crippen MR) is 84.1 cm³/mol. The van der Waals surface area contributed by atoms with Crippen LogP contribution in [0.5, 0.6) is 0 Å². The molecule has 3 aliphatic rings. The van der Waals surface area contributed by atoms with E-state index in [1.807, 2.05) is 12.2 Å². The Morgan fingerprint density at radius 3 is 2.25 bits per heavy atom. The number of amides is 3. The molecule has 1 aliphatic heterocycles. The van der Waals surface area contributed by atoms with Crippen LogP contribution >= 0.6 is 0 Å². The van der Waals surface area contributed by atoms with E-state index >= 15 is 0 Å². The predicted octanol–water partition coefficient (Wildman–Crippen LogP) is 1.96. The third-order valence-electron chi connectivity index (χ3n) is 5.25. The SMILES string of the molecule is O=C(CCN1C(=O)[C@@H]2[C@H](C1=O)[C@H]1C=C[C@H]2C1)Nc1ccc(F)cc1. The Kier molecular flexibility index (Phi) is 3.48. The first-order valence-corrected chi connectivity index (χ1v) is 8.13. The number of nitrogens with one attached hydrogen (secondary N) is 1. The molecule has 0 aromatic heterocycles. The smallest absolute Gasteiger partial charge is 0.233 e. The Bertz CT molecular complexity index is 713. The molecule has 124 valence electrons. The highest BCUT2D eigenvalue weighted by atomic mass is 19.1. The van der Waals surface area contributed by atoms with Gasteiger partial charge in [-0.15, -0.1) is 0 Å². The summed E-state index contributed by atoms with van der Waals surface area (Å²) in [5.41, 5.74) is 0.486. The molecule has 0 unspecified atom stereocenters. The van der Waals surface area contributed by atoms with Crippen LogP contribution in [0, 0.1) is 29.5 Å². The van der Waals surface area contributed by atoms with Crippen LogP contribution in [0.4, 0.5) is 10.1 Å². The van der Waals surface area contributed by atoms with Crippen molar-refractivity contribution in [3.05, 3.63) is 42.2 Å². The summed E-state index contributed by atoms with van der Waals surface area (Å²) in [5.74, 6) is -1.08. The lowest BCUT2D eigenvalue weighted by molar-refractivity contribution is -0.140. The Morgan fingerprint density at radius 2 is 1.67 bits per heavy atom. The van der Waals surface area contributed by atoms with E-state index in [-0.39, 0.29) is 60.2 Å². The number of imide groups is 1. The molecule has 0 radical (unpaired) electrons. The number of hydrogen-bond acceptors (Lipinski definition) is 3. The normalized spacial score (nSPS) is 30.1. The zero-order chi connectivity index (χ0) is 16.8. The van der Waals surface area contributed by atoms with Crippen LogP contribution in [0.3, 0.4) is 0 Å². The number of halogens is 1. The molecular formula is C18H17FN2O3. The molecule has 3 amide bonds. The van der Waals surface area contributed by atoms with Crippen LogP contribution in [-0.4, -0.2) is 29.2 Å². The van der Waals surface area contributed by atoms with E-state index in [1.165, 1.54) is 29.2 Å². The molecule has 2 bridgehead atoms. The highest BCUT2D eigenvalue weighted by Crippen LogP contribution is 2.52. The van der Waals surface area contributed by atoms with Gasteiger partial charge in [0.05, 0.1) is 11.8 Å². The number of nitrogens with zero attached hydrogens (tertiary/aromatic N) is 1. The molecule has 0 spiro atoms. The van der Waals surface area contributed by atoms with E-state index in [2.05, 4.69) is 5.32 Å². The van der Waals surface area contributed by atoms with Crippen molar-refractivity contribution in [1.82, 2.24) is 4.90 Å². The van der Waals surface area contributed by atoms with E-state index in [0.29, 0.717) is 5.69 Å². The zero-order valence-electron chi connectivity index (χ0n) is 12.9. The quantitative estimate of drug-likeness (QED) is 0.679. The number of fused-ring (bicyclic) bond motifs is 5. The number of carbonyl (C=O) groups excluding carboxylic acids is 3. The van der Waals surface area contributed by atoms with Crippen molar-refractivity contribution < 1.29 is 18.8 Å². The first kappa shape index (κ1) is 15.1. The third kappa shape index (κ3) is 2.33. The molecule has 5 nitrogen and oxygen atoms in total. The number of rotatable bonds is 4. The topological polar surface area (TPSA) is 66.5 Å². The molecule has 2 aliphatic carbocycles. The molecule has 1 heterocycles. The Morgan fingerprint density at radius 1 is 1.08 bits per heavy atom. The maximum absolute atomic E-state index is 12.8. The monoisotopic (exact) mass is 328 g/mol. The minimum Gasteiger partial charge on any atom is -0.326 e. The molecule has 6 heteroatoms. The summed E-state index contributed by atoms with van der Waals surface area (Å²) in [5, 5.41) is 2.64. The number of carbonyl (C=O) groups is 3. The minimum atomic E-state index is -0.379. The van der Waals surface area contributed by atoms with Crippen LogP contribution < -0.4 is 5.32 Å². The van der Waals surface area contributed by atoms with Gasteiger partial charge in [0.2, 0.25) is 17.7 Å². The van der Waals surface area contributed by atoms with Crippen LogP contribution in [-0.2, 0) is 14.4 Å². The van der Waals surface area contributed by atoms with Gasteiger partial charge in [-0.3, -0.25) is 19.3 Å². The lowest BCUT2D eigenvalue weighted by Gasteiger charge is -2.16. The minimum absolute atomic E-state index is 0.0387. The zero-order valence-corrected chi connectivity index (χ0v) is 12.9. The summed E-state index contributed by atoms with van der Waals surface area (Å²) in [7, 11) is 0. The van der Waals surface area contributed by atoms with E-state index in [9.17, 15) is 18.8 Å². The van der Waals surface area contributed by atoms with Gasteiger partial charge in [-0.2, -0.15) is 0 Å². The van der Waals surface area contributed by atoms with Crippen molar-refractivity contribution in [1.29, 1.82) is 0 Å². The van der Waals surface area contributed by atoms with Crippen molar-refractivity contribution in [2.45, 2.75) is 12.8 Å². The van der Waals surface area contributed by atoms with E-state index in [0.717, 1.165) is 6.42 Å². The lowest BCUT2D eigenvalue weighted by Crippen LogP contribution is -2.35. The summed E-state index contributed by atoms with van der Waals surface area (Å²) in [6.07, 6.45) is 5.02. The van der Waals surface area contributed by atoms with Crippen molar-refractivity contribution in [3.63, 3.8) is 0 Å². The van der Waals surface area contributed by atoms with E-state index < -0.39 is 0 Å². The van der Waals surface area contributed by atoms with E-state index in [4.69, 9.17) is 0 Å². The van der Waals surface area contributed by atoms with Crippen molar-refractivity contribution in [2.24, 2.45) is 23.7 Å². The molecule has 24 heavy (non-hydrogen) atoms. The molecule has 1 aromatic carbocycles. The van der Waals surface area contributed by atoms with Gasteiger partial charge in [0.25, 0.3) is 0 Å². The molecule has 1 saturated heterocycles. The van der Waals surface area contributed by atoms with Crippen LogP contribution in [0.1, 0.15) is 12.8 Å². The first-order valence-electron chi connectivity index (χ1n) is 8.13. The van der Waals surface area contributed by atoms with Crippen molar-refractivity contribution >= 4 is 23.4 Å². The molecule has 4 atom stereocenters. The summed E-state index contributed by atoms with van der Waals surface area (Å²) >= 11 is 0. The number of likely N-dealkylation sites (tertiary alicyclic amines) is 1. The van der Waals surface area contributed by atoms with Gasteiger partial charge in [0.15, 0.2) is 0 Å². The van der Waals surface area contributed by atoms with Gasteiger partial charge >= 0.3 is 0 Å². The highest BCUT2D eigenvalue weighted by molar-refractivity contribution is 6.06. The maximum Gasteiger partial charge on any atom is 0.233 e. The van der Waals surface area contributed by atoms with Gasteiger partial charge in [-0.05, 0) is 42.5 Å². The van der Waals surface area contributed by atoms with Crippen LogP contribution in [0.2, 0.25) is 0 Å². The second-order valence-electron chi connectivity index (χ2n) is 6.63. The largest absolute Gasteiger partial charge is 0.326 e. The van der Waals surface area contributed by atoms with Crippen LogP contribution in [0.15, 0.2) is 36.4 Å². The van der Waals surface area contributed by atoms with Gasteiger partial charge in [-0.1, -0.05) is 12.2 Å². The van der Waals surface area contributed by atoms with Gasteiger partial charge < -0.3 is 5.32 Å². The second-order valence-corrected chi connectivity index (χ2v) is 6.63. The fourth-order valence-electron chi connectivity index (χ4n) is 4.15. The van der Waals surface area contributed by atoms with Gasteiger partial charge in [0.1, 0.15) is 5.82 Å². The number of allylic oxidation sites excluding steroid dienone is 2. The van der Waals surface area contributed by atoms with Crippen molar-refractivity contribution in [2.75, 3.05) is 11.9 Å². The molecule has 1 aromatic rings. The molecule has 1 saturated carbocycles.